The predicted octanol–water partition coefficient (Wildman–Crippen LogP) is 2.22. The van der Waals surface area contributed by atoms with Gasteiger partial charge in [0.15, 0.2) is 12.4 Å². The summed E-state index contributed by atoms with van der Waals surface area (Å²) in [6, 6.07) is 0. The third kappa shape index (κ3) is 3.62. The lowest BCUT2D eigenvalue weighted by atomic mass is 10.2. The van der Waals surface area contributed by atoms with Crippen molar-refractivity contribution in [2.45, 2.75) is 31.7 Å². The van der Waals surface area contributed by atoms with Crippen LogP contribution in [0.1, 0.15) is 36.0 Å². The first-order valence-corrected chi connectivity index (χ1v) is 6.00. The molecule has 1 saturated heterocycles. The molecule has 1 fully saturated rings. The smallest absolute Gasteiger partial charge is 0.422 e. The van der Waals surface area contributed by atoms with E-state index < -0.39 is 36.4 Å². The van der Waals surface area contributed by atoms with E-state index in [1.807, 2.05) is 0 Å². The molecule has 9 heteroatoms. The van der Waals surface area contributed by atoms with Crippen LogP contribution in [-0.4, -0.2) is 40.2 Å². The van der Waals surface area contributed by atoms with E-state index in [0.717, 1.165) is 19.0 Å². The molecule has 0 saturated carbocycles. The van der Waals surface area contributed by atoms with Gasteiger partial charge in [-0.3, -0.25) is 0 Å². The summed E-state index contributed by atoms with van der Waals surface area (Å²) in [5.74, 6) is -1.86. The Balaban J connectivity index is 2.17. The van der Waals surface area contributed by atoms with Crippen LogP contribution >= 0.6 is 0 Å². The van der Waals surface area contributed by atoms with Crippen LogP contribution in [0.3, 0.4) is 0 Å². The van der Waals surface area contributed by atoms with Crippen LogP contribution in [0.25, 0.3) is 0 Å². The lowest BCUT2D eigenvalue weighted by molar-refractivity contribution is -0.153. The lowest BCUT2D eigenvalue weighted by Gasteiger charge is -2.22. The summed E-state index contributed by atoms with van der Waals surface area (Å²) < 4.78 is 47.4. The number of halogens is 3. The van der Waals surface area contributed by atoms with Crippen LogP contribution in [0.4, 0.5) is 13.2 Å². The van der Waals surface area contributed by atoms with E-state index in [0.29, 0.717) is 13.0 Å². The zero-order chi connectivity index (χ0) is 14.8. The number of aromatic carboxylic acids is 1. The van der Waals surface area contributed by atoms with Gasteiger partial charge >= 0.3 is 12.1 Å². The fourth-order valence-corrected chi connectivity index (χ4v) is 1.87. The van der Waals surface area contributed by atoms with E-state index in [-0.39, 0.29) is 0 Å². The summed E-state index contributed by atoms with van der Waals surface area (Å²) >= 11 is 0. The Bertz CT molecular complexity index is 481. The third-order valence-electron chi connectivity index (χ3n) is 2.74. The molecule has 1 N–H and O–H groups in total. The van der Waals surface area contributed by atoms with Crippen molar-refractivity contribution in [1.29, 1.82) is 0 Å². The van der Waals surface area contributed by atoms with Gasteiger partial charge in [-0.2, -0.15) is 18.3 Å². The van der Waals surface area contributed by atoms with E-state index in [4.69, 9.17) is 9.84 Å². The summed E-state index contributed by atoms with van der Waals surface area (Å²) in [6.07, 6.45) is -1.48. The fraction of sp³-hybridized carbons (Fsp3) is 0.636. The van der Waals surface area contributed by atoms with Gasteiger partial charge in [0.25, 0.3) is 0 Å². The van der Waals surface area contributed by atoms with Gasteiger partial charge < -0.3 is 14.6 Å². The SMILES string of the molecule is O=C(O)c1nn(C2CCCCO2)cc1OCC(F)(F)F. The Morgan fingerprint density at radius 2 is 2.30 bits per heavy atom. The molecule has 1 aromatic rings. The maximum Gasteiger partial charge on any atom is 0.422 e. The summed E-state index contributed by atoms with van der Waals surface area (Å²) in [6.45, 7) is -1.06. The Morgan fingerprint density at radius 1 is 1.55 bits per heavy atom. The van der Waals surface area contributed by atoms with Crippen molar-refractivity contribution >= 4 is 5.97 Å². The maximum atomic E-state index is 12.1. The minimum Gasteiger partial charge on any atom is -0.480 e. The second-order valence-corrected chi connectivity index (χ2v) is 4.35. The number of carboxylic acids is 1. The highest BCUT2D eigenvalue weighted by molar-refractivity contribution is 5.88. The standard InChI is InChI=1S/C11H13F3N2O4/c12-11(13,14)6-20-7-5-16(15-9(7)10(17)18)8-3-1-2-4-19-8/h5,8H,1-4,6H2,(H,17,18). The largest absolute Gasteiger partial charge is 0.480 e. The maximum absolute atomic E-state index is 12.1. The molecule has 0 radical (unpaired) electrons. The van der Waals surface area contributed by atoms with Crippen molar-refractivity contribution in [3.05, 3.63) is 11.9 Å². The van der Waals surface area contributed by atoms with Gasteiger partial charge in [0.1, 0.15) is 6.23 Å². The summed E-state index contributed by atoms with van der Waals surface area (Å²) in [5.41, 5.74) is -0.552. The minimum atomic E-state index is -4.54. The molecule has 1 aliphatic heterocycles. The first-order valence-electron chi connectivity index (χ1n) is 6.00. The second kappa shape index (κ2) is 5.70. The molecule has 6 nitrogen and oxygen atoms in total. The number of hydrogen-bond acceptors (Lipinski definition) is 4. The quantitative estimate of drug-likeness (QED) is 0.921. The molecule has 1 unspecified atom stereocenters. The van der Waals surface area contributed by atoms with Crippen LogP contribution in [0, 0.1) is 0 Å². The molecular weight excluding hydrogens is 281 g/mol. The Labute approximate surface area is 112 Å². The van der Waals surface area contributed by atoms with Crippen molar-refractivity contribution in [2.24, 2.45) is 0 Å². The topological polar surface area (TPSA) is 73.6 Å². The number of carbonyl (C=O) groups is 1. The molecule has 0 aliphatic carbocycles. The van der Waals surface area contributed by atoms with E-state index in [2.05, 4.69) is 9.84 Å². The Kier molecular flexibility index (Phi) is 4.17. The summed E-state index contributed by atoms with van der Waals surface area (Å²) in [4.78, 5) is 11.0. The third-order valence-corrected chi connectivity index (χ3v) is 2.74. The zero-order valence-electron chi connectivity index (χ0n) is 10.4. The van der Waals surface area contributed by atoms with Crippen molar-refractivity contribution in [3.63, 3.8) is 0 Å². The van der Waals surface area contributed by atoms with Crippen molar-refractivity contribution < 1.29 is 32.5 Å². The van der Waals surface area contributed by atoms with E-state index >= 15 is 0 Å². The number of hydrogen-bond donors (Lipinski definition) is 1. The highest BCUT2D eigenvalue weighted by atomic mass is 19.4. The van der Waals surface area contributed by atoms with Crippen molar-refractivity contribution in [1.82, 2.24) is 9.78 Å². The normalized spacial score (nSPS) is 19.9. The first kappa shape index (κ1) is 14.6. The molecule has 1 aromatic heterocycles. The second-order valence-electron chi connectivity index (χ2n) is 4.35. The monoisotopic (exact) mass is 294 g/mol. The molecule has 0 bridgehead atoms. The molecule has 1 aliphatic rings. The average Bonchev–Trinajstić information content (AvgIpc) is 2.81. The molecule has 112 valence electrons. The molecule has 1 atom stereocenters. The molecule has 20 heavy (non-hydrogen) atoms. The number of carboxylic acid groups (broad SMARTS) is 1. The number of rotatable bonds is 4. The molecule has 0 spiro atoms. The number of alkyl halides is 3. The Hall–Kier alpha value is -1.77. The van der Waals surface area contributed by atoms with Crippen LogP contribution in [0.5, 0.6) is 5.75 Å². The van der Waals surface area contributed by atoms with Gasteiger partial charge in [-0.1, -0.05) is 0 Å². The Morgan fingerprint density at radius 3 is 2.85 bits per heavy atom. The van der Waals surface area contributed by atoms with Crippen LogP contribution < -0.4 is 4.74 Å². The first-order chi connectivity index (χ1) is 9.37. The van der Waals surface area contributed by atoms with Gasteiger partial charge in [0.05, 0.1) is 6.20 Å². The van der Waals surface area contributed by atoms with E-state index in [1.54, 1.807) is 0 Å². The number of ether oxygens (including phenoxy) is 2. The van der Waals surface area contributed by atoms with Gasteiger partial charge in [-0.25, -0.2) is 9.48 Å². The van der Waals surface area contributed by atoms with Gasteiger partial charge in [-0.15, -0.1) is 0 Å². The number of aromatic nitrogens is 2. The predicted molar refractivity (Wildman–Crippen MR) is 59.6 cm³/mol. The molecule has 2 rings (SSSR count). The highest BCUT2D eigenvalue weighted by Crippen LogP contribution is 2.27. The van der Waals surface area contributed by atoms with Crippen LogP contribution in [-0.2, 0) is 4.74 Å². The molecule has 0 amide bonds. The summed E-state index contributed by atoms with van der Waals surface area (Å²) in [5, 5.41) is 12.7. The average molecular weight is 294 g/mol. The molecule has 0 aromatic carbocycles. The summed E-state index contributed by atoms with van der Waals surface area (Å²) in [7, 11) is 0. The molecule has 2 heterocycles. The van der Waals surface area contributed by atoms with Crippen LogP contribution in [0.15, 0.2) is 6.20 Å². The number of nitrogens with zero attached hydrogens (tertiary/aromatic N) is 2. The van der Waals surface area contributed by atoms with Crippen LogP contribution in [0.2, 0.25) is 0 Å². The van der Waals surface area contributed by atoms with Gasteiger partial charge in [0.2, 0.25) is 5.69 Å². The van der Waals surface area contributed by atoms with Gasteiger partial charge in [-0.05, 0) is 19.3 Å². The fourth-order valence-electron chi connectivity index (χ4n) is 1.87. The zero-order valence-corrected chi connectivity index (χ0v) is 10.4. The van der Waals surface area contributed by atoms with Crippen molar-refractivity contribution in [2.75, 3.05) is 13.2 Å². The van der Waals surface area contributed by atoms with E-state index in [1.165, 1.54) is 4.68 Å². The van der Waals surface area contributed by atoms with Crippen molar-refractivity contribution in [3.8, 4) is 5.75 Å². The highest BCUT2D eigenvalue weighted by Gasteiger charge is 2.31. The van der Waals surface area contributed by atoms with Gasteiger partial charge in [0, 0.05) is 6.61 Å². The molecular formula is C11H13F3N2O4. The minimum absolute atomic E-state index is 0.413. The lowest BCUT2D eigenvalue weighted by Crippen LogP contribution is -2.20. The van der Waals surface area contributed by atoms with E-state index in [9.17, 15) is 18.0 Å².